The second kappa shape index (κ2) is 6.13. The van der Waals surface area contributed by atoms with Gasteiger partial charge in [0, 0.05) is 25.1 Å². The monoisotopic (exact) mass is 199 g/mol. The molecule has 0 aliphatic rings. The maximum Gasteiger partial charge on any atom is 0.0474 e. The van der Waals surface area contributed by atoms with Gasteiger partial charge in [0.05, 0.1) is 0 Å². The van der Waals surface area contributed by atoms with Gasteiger partial charge < -0.3 is 10.1 Å². The van der Waals surface area contributed by atoms with Gasteiger partial charge in [0.1, 0.15) is 0 Å². The van der Waals surface area contributed by atoms with Crippen LogP contribution in [0, 0.1) is 6.92 Å². The minimum atomic E-state index is 0.844. The van der Waals surface area contributed by atoms with Crippen molar-refractivity contribution < 1.29 is 4.74 Å². The molecule has 0 aliphatic carbocycles. The lowest BCUT2D eigenvalue weighted by atomic mass is 10.3. The van der Waals surface area contributed by atoms with Gasteiger partial charge in [-0.15, -0.1) is 11.3 Å². The maximum absolute atomic E-state index is 4.97. The molecule has 0 aliphatic heterocycles. The number of nitrogens with one attached hydrogen (secondary N) is 1. The van der Waals surface area contributed by atoms with Crippen LogP contribution >= 0.6 is 11.3 Å². The van der Waals surface area contributed by atoms with Crippen molar-refractivity contribution in [1.82, 2.24) is 5.32 Å². The van der Waals surface area contributed by atoms with E-state index in [0.717, 1.165) is 26.1 Å². The van der Waals surface area contributed by atoms with Crippen molar-refractivity contribution in [3.05, 3.63) is 21.9 Å². The third kappa shape index (κ3) is 3.89. The van der Waals surface area contributed by atoms with E-state index in [4.69, 9.17) is 4.74 Å². The molecule has 1 aromatic heterocycles. The maximum atomic E-state index is 4.97. The fourth-order valence-electron chi connectivity index (χ4n) is 1.13. The average Bonchev–Trinajstić information content (AvgIpc) is 2.52. The molecule has 74 valence electrons. The van der Waals surface area contributed by atoms with Gasteiger partial charge >= 0.3 is 0 Å². The molecule has 0 bridgehead atoms. The van der Waals surface area contributed by atoms with E-state index in [1.165, 1.54) is 10.4 Å². The zero-order chi connectivity index (χ0) is 9.52. The second-order valence-corrected chi connectivity index (χ2v) is 4.05. The lowest BCUT2D eigenvalue weighted by Crippen LogP contribution is -2.15. The van der Waals surface area contributed by atoms with Crippen LogP contribution in [-0.4, -0.2) is 20.3 Å². The summed E-state index contributed by atoms with van der Waals surface area (Å²) in [5, 5.41) is 5.53. The third-order valence-corrected chi connectivity index (χ3v) is 2.98. The van der Waals surface area contributed by atoms with E-state index in [1.807, 2.05) is 11.3 Å². The molecule has 1 aromatic rings. The standard InChI is InChI=1S/C10H17NOS/c1-9-4-7-13-10(9)8-11-5-3-6-12-2/h4,7,11H,3,5-6,8H2,1-2H3. The number of thiophene rings is 1. The molecule has 0 radical (unpaired) electrons. The first kappa shape index (κ1) is 10.7. The summed E-state index contributed by atoms with van der Waals surface area (Å²) in [4.78, 5) is 1.44. The molecular weight excluding hydrogens is 182 g/mol. The number of rotatable bonds is 6. The topological polar surface area (TPSA) is 21.3 Å². The van der Waals surface area contributed by atoms with Gasteiger partial charge in [0.25, 0.3) is 0 Å². The number of ether oxygens (including phenoxy) is 1. The molecule has 0 saturated heterocycles. The molecule has 0 aromatic carbocycles. The Kier molecular flexibility index (Phi) is 5.05. The van der Waals surface area contributed by atoms with Crippen LogP contribution in [0.1, 0.15) is 16.9 Å². The van der Waals surface area contributed by atoms with Crippen LogP contribution in [0.5, 0.6) is 0 Å². The van der Waals surface area contributed by atoms with E-state index >= 15 is 0 Å². The molecule has 0 spiro atoms. The molecule has 1 heterocycles. The Hall–Kier alpha value is -0.380. The Morgan fingerprint density at radius 3 is 3.00 bits per heavy atom. The van der Waals surface area contributed by atoms with Crippen molar-refractivity contribution in [2.24, 2.45) is 0 Å². The molecule has 2 nitrogen and oxygen atoms in total. The summed E-state index contributed by atoms with van der Waals surface area (Å²) in [6, 6.07) is 2.16. The van der Waals surface area contributed by atoms with Crippen molar-refractivity contribution in [3.8, 4) is 0 Å². The summed E-state index contributed by atoms with van der Waals surface area (Å²) < 4.78 is 4.97. The van der Waals surface area contributed by atoms with Crippen molar-refractivity contribution in [1.29, 1.82) is 0 Å². The Bertz CT molecular complexity index is 235. The van der Waals surface area contributed by atoms with Gasteiger partial charge in [-0.25, -0.2) is 0 Å². The van der Waals surface area contributed by atoms with Crippen molar-refractivity contribution in [2.75, 3.05) is 20.3 Å². The Balaban J connectivity index is 2.10. The number of methoxy groups -OCH3 is 1. The predicted octanol–water partition coefficient (Wildman–Crippen LogP) is 2.18. The molecule has 13 heavy (non-hydrogen) atoms. The molecule has 0 atom stereocenters. The normalized spacial score (nSPS) is 10.6. The van der Waals surface area contributed by atoms with E-state index in [0.29, 0.717) is 0 Å². The zero-order valence-electron chi connectivity index (χ0n) is 8.30. The molecule has 0 amide bonds. The van der Waals surface area contributed by atoms with Crippen molar-refractivity contribution in [3.63, 3.8) is 0 Å². The van der Waals surface area contributed by atoms with Crippen molar-refractivity contribution in [2.45, 2.75) is 19.9 Å². The Labute approximate surface area is 83.9 Å². The van der Waals surface area contributed by atoms with Crippen LogP contribution in [0.2, 0.25) is 0 Å². The fraction of sp³-hybridized carbons (Fsp3) is 0.600. The quantitative estimate of drug-likeness (QED) is 0.709. The van der Waals surface area contributed by atoms with Crippen LogP contribution in [-0.2, 0) is 11.3 Å². The smallest absolute Gasteiger partial charge is 0.0474 e. The van der Waals surface area contributed by atoms with Crippen molar-refractivity contribution >= 4 is 11.3 Å². The summed E-state index contributed by atoms with van der Waals surface area (Å²) in [5.74, 6) is 0. The zero-order valence-corrected chi connectivity index (χ0v) is 9.12. The average molecular weight is 199 g/mol. The van der Waals surface area contributed by atoms with E-state index in [2.05, 4.69) is 23.7 Å². The molecule has 1 N–H and O–H groups in total. The molecule has 0 fully saturated rings. The second-order valence-electron chi connectivity index (χ2n) is 3.05. The first-order valence-electron chi connectivity index (χ1n) is 4.57. The predicted molar refractivity (Wildman–Crippen MR) is 57.3 cm³/mol. The largest absolute Gasteiger partial charge is 0.385 e. The number of hydrogen-bond donors (Lipinski definition) is 1. The van der Waals surface area contributed by atoms with Crippen LogP contribution in [0.4, 0.5) is 0 Å². The number of aryl methyl sites for hydroxylation is 1. The van der Waals surface area contributed by atoms with Crippen LogP contribution < -0.4 is 5.32 Å². The highest BCUT2D eigenvalue weighted by atomic mass is 32.1. The fourth-order valence-corrected chi connectivity index (χ4v) is 2.00. The SMILES string of the molecule is COCCCNCc1sccc1C. The summed E-state index contributed by atoms with van der Waals surface area (Å²) in [6.45, 7) is 5.03. The lowest BCUT2D eigenvalue weighted by molar-refractivity contribution is 0.194. The highest BCUT2D eigenvalue weighted by Gasteiger charge is 1.97. The van der Waals surface area contributed by atoms with E-state index in [9.17, 15) is 0 Å². The summed E-state index contributed by atoms with van der Waals surface area (Å²) in [6.07, 6.45) is 1.08. The van der Waals surface area contributed by atoms with Gasteiger partial charge in [0.15, 0.2) is 0 Å². The van der Waals surface area contributed by atoms with Gasteiger partial charge in [0.2, 0.25) is 0 Å². The van der Waals surface area contributed by atoms with E-state index < -0.39 is 0 Å². The molecule has 0 unspecified atom stereocenters. The minimum Gasteiger partial charge on any atom is -0.385 e. The van der Waals surface area contributed by atoms with E-state index in [1.54, 1.807) is 7.11 Å². The summed E-state index contributed by atoms with van der Waals surface area (Å²) in [7, 11) is 1.74. The Morgan fingerprint density at radius 2 is 2.38 bits per heavy atom. The third-order valence-electron chi connectivity index (χ3n) is 1.96. The first-order valence-corrected chi connectivity index (χ1v) is 5.45. The minimum absolute atomic E-state index is 0.844. The van der Waals surface area contributed by atoms with Crippen LogP contribution in [0.15, 0.2) is 11.4 Å². The van der Waals surface area contributed by atoms with Crippen LogP contribution in [0.3, 0.4) is 0 Å². The van der Waals surface area contributed by atoms with Gasteiger partial charge in [-0.3, -0.25) is 0 Å². The molecule has 1 rings (SSSR count). The van der Waals surface area contributed by atoms with E-state index in [-0.39, 0.29) is 0 Å². The molecular formula is C10H17NOS. The molecule has 3 heteroatoms. The lowest BCUT2D eigenvalue weighted by Gasteiger charge is -2.03. The number of hydrogen-bond acceptors (Lipinski definition) is 3. The summed E-state index contributed by atoms with van der Waals surface area (Å²) >= 11 is 1.82. The van der Waals surface area contributed by atoms with Gasteiger partial charge in [-0.05, 0) is 36.9 Å². The Morgan fingerprint density at radius 1 is 1.54 bits per heavy atom. The first-order chi connectivity index (χ1) is 6.34. The van der Waals surface area contributed by atoms with Crippen LogP contribution in [0.25, 0.3) is 0 Å². The summed E-state index contributed by atoms with van der Waals surface area (Å²) in [5.41, 5.74) is 1.39. The van der Waals surface area contributed by atoms with Gasteiger partial charge in [-0.1, -0.05) is 0 Å². The molecule has 0 saturated carbocycles. The highest BCUT2D eigenvalue weighted by Crippen LogP contribution is 2.14. The van der Waals surface area contributed by atoms with Gasteiger partial charge in [-0.2, -0.15) is 0 Å². The highest BCUT2D eigenvalue weighted by molar-refractivity contribution is 7.10.